The first-order valence-electron chi connectivity index (χ1n) is 7.78. The van der Waals surface area contributed by atoms with Crippen LogP contribution in [0.25, 0.3) is 0 Å². The van der Waals surface area contributed by atoms with Gasteiger partial charge >= 0.3 is 5.97 Å². The van der Waals surface area contributed by atoms with Gasteiger partial charge in [0.05, 0.1) is 17.4 Å². The average Bonchev–Trinajstić information content (AvgIpc) is 2.77. The molecule has 2 atom stereocenters. The first kappa shape index (κ1) is 16.0. The third kappa shape index (κ3) is 3.28. The number of likely N-dealkylation sites (tertiary alicyclic amines) is 1. The lowest BCUT2D eigenvalue weighted by Crippen LogP contribution is -2.44. The van der Waals surface area contributed by atoms with Crippen molar-refractivity contribution in [2.75, 3.05) is 0 Å². The highest BCUT2D eigenvalue weighted by molar-refractivity contribution is 5.88. The minimum Gasteiger partial charge on any atom is -0.478 e. The second-order valence-electron chi connectivity index (χ2n) is 7.19. The normalized spacial score (nSPS) is 24.2. The van der Waals surface area contributed by atoms with Gasteiger partial charge in [-0.3, -0.25) is 9.58 Å². The smallest absolute Gasteiger partial charge is 0.339 e. The van der Waals surface area contributed by atoms with Gasteiger partial charge in [-0.05, 0) is 47.5 Å². The highest BCUT2D eigenvalue weighted by atomic mass is 16.4. The van der Waals surface area contributed by atoms with Crippen LogP contribution >= 0.6 is 0 Å². The number of nitrogens with zero attached hydrogens (tertiary/aromatic N) is 3. The van der Waals surface area contributed by atoms with Crippen LogP contribution < -0.4 is 0 Å². The summed E-state index contributed by atoms with van der Waals surface area (Å²) < 4.78 is 1.87. The van der Waals surface area contributed by atoms with Gasteiger partial charge in [0.15, 0.2) is 0 Å². The van der Waals surface area contributed by atoms with Gasteiger partial charge in [-0.1, -0.05) is 6.42 Å². The van der Waals surface area contributed by atoms with Crippen LogP contribution in [0.1, 0.15) is 69.9 Å². The van der Waals surface area contributed by atoms with Crippen molar-refractivity contribution in [2.45, 2.75) is 78.0 Å². The zero-order valence-corrected chi connectivity index (χ0v) is 13.8. The Morgan fingerprint density at radius 2 is 1.90 bits per heavy atom. The Bertz CT molecular complexity index is 506. The third-order valence-electron chi connectivity index (χ3n) is 4.44. The maximum Gasteiger partial charge on any atom is 0.339 e. The van der Waals surface area contributed by atoms with E-state index in [4.69, 9.17) is 0 Å². The van der Waals surface area contributed by atoms with Crippen LogP contribution in [0, 0.1) is 0 Å². The number of carboxylic acid groups (broad SMARTS) is 1. The lowest BCUT2D eigenvalue weighted by molar-refractivity contribution is 0.0681. The van der Waals surface area contributed by atoms with Gasteiger partial charge in [-0.2, -0.15) is 5.10 Å². The fourth-order valence-corrected chi connectivity index (χ4v) is 3.24. The SMILES string of the molecule is CC1CCCC(C)N1Cc1c(C(=O)O)cnn1C(C)(C)C. The van der Waals surface area contributed by atoms with Crippen molar-refractivity contribution in [3.8, 4) is 0 Å². The minimum absolute atomic E-state index is 0.217. The minimum atomic E-state index is -0.891. The second kappa shape index (κ2) is 5.79. The molecule has 0 spiro atoms. The Balaban J connectivity index is 2.37. The molecule has 21 heavy (non-hydrogen) atoms. The number of aromatic nitrogens is 2. The van der Waals surface area contributed by atoms with E-state index in [1.165, 1.54) is 25.5 Å². The summed E-state index contributed by atoms with van der Waals surface area (Å²) in [6.45, 7) is 11.3. The fraction of sp³-hybridized carbons (Fsp3) is 0.750. The van der Waals surface area contributed by atoms with Crippen LogP contribution in [0.5, 0.6) is 0 Å². The van der Waals surface area contributed by atoms with Crippen molar-refractivity contribution in [3.05, 3.63) is 17.5 Å². The third-order valence-corrected chi connectivity index (χ3v) is 4.44. The van der Waals surface area contributed by atoms with Crippen LogP contribution in [-0.4, -0.2) is 37.8 Å². The van der Waals surface area contributed by atoms with Gasteiger partial charge in [0.1, 0.15) is 5.56 Å². The summed E-state index contributed by atoms with van der Waals surface area (Å²) in [5.41, 5.74) is 0.927. The van der Waals surface area contributed by atoms with E-state index in [9.17, 15) is 9.90 Å². The summed E-state index contributed by atoms with van der Waals surface area (Å²) in [6.07, 6.45) is 5.10. The van der Waals surface area contributed by atoms with Gasteiger partial charge in [-0.25, -0.2) is 4.79 Å². The van der Waals surface area contributed by atoms with Crippen LogP contribution in [0.15, 0.2) is 6.20 Å². The van der Waals surface area contributed by atoms with Crippen molar-refractivity contribution in [2.24, 2.45) is 0 Å². The molecule has 118 valence electrons. The van der Waals surface area contributed by atoms with E-state index in [0.717, 1.165) is 5.69 Å². The van der Waals surface area contributed by atoms with E-state index in [2.05, 4.69) is 44.6 Å². The lowest BCUT2D eigenvalue weighted by atomic mass is 9.97. The fourth-order valence-electron chi connectivity index (χ4n) is 3.24. The predicted molar refractivity (Wildman–Crippen MR) is 82.5 cm³/mol. The molecular formula is C16H27N3O2. The molecule has 0 amide bonds. The molecule has 0 bridgehead atoms. The Labute approximate surface area is 126 Å². The Morgan fingerprint density at radius 1 is 1.33 bits per heavy atom. The molecule has 1 aliphatic heterocycles. The van der Waals surface area contributed by atoms with Crippen molar-refractivity contribution < 1.29 is 9.90 Å². The highest BCUT2D eigenvalue weighted by Crippen LogP contribution is 2.27. The number of aromatic carboxylic acids is 1. The summed E-state index contributed by atoms with van der Waals surface area (Å²) in [6, 6.07) is 0.970. The number of hydrogen-bond acceptors (Lipinski definition) is 3. The van der Waals surface area contributed by atoms with E-state index >= 15 is 0 Å². The maximum absolute atomic E-state index is 11.5. The number of carbonyl (C=O) groups is 1. The summed E-state index contributed by atoms with van der Waals surface area (Å²) in [5.74, 6) is -0.891. The van der Waals surface area contributed by atoms with Gasteiger partial charge in [-0.15, -0.1) is 0 Å². The molecule has 0 aromatic carbocycles. The average molecular weight is 293 g/mol. The van der Waals surface area contributed by atoms with Gasteiger partial charge < -0.3 is 5.11 Å². The van der Waals surface area contributed by atoms with Crippen molar-refractivity contribution in [1.29, 1.82) is 0 Å². The van der Waals surface area contributed by atoms with E-state index in [1.54, 1.807) is 0 Å². The van der Waals surface area contributed by atoms with Crippen LogP contribution in [0.4, 0.5) is 0 Å². The molecule has 5 nitrogen and oxygen atoms in total. The molecule has 1 saturated heterocycles. The van der Waals surface area contributed by atoms with Gasteiger partial charge in [0, 0.05) is 18.6 Å². The second-order valence-corrected chi connectivity index (χ2v) is 7.19. The first-order chi connectivity index (χ1) is 9.71. The number of piperidine rings is 1. The van der Waals surface area contributed by atoms with E-state index in [-0.39, 0.29) is 5.54 Å². The van der Waals surface area contributed by atoms with E-state index < -0.39 is 5.97 Å². The van der Waals surface area contributed by atoms with Crippen LogP contribution in [-0.2, 0) is 12.1 Å². The van der Waals surface area contributed by atoms with Crippen molar-refractivity contribution in [1.82, 2.24) is 14.7 Å². The molecule has 1 aliphatic rings. The number of carboxylic acids is 1. The summed E-state index contributed by atoms with van der Waals surface area (Å²) in [4.78, 5) is 13.9. The molecule has 5 heteroatoms. The summed E-state index contributed by atoms with van der Waals surface area (Å²) in [5, 5.41) is 13.8. The van der Waals surface area contributed by atoms with Crippen LogP contribution in [0.3, 0.4) is 0 Å². The Kier molecular flexibility index (Phi) is 4.42. The Morgan fingerprint density at radius 3 is 2.38 bits per heavy atom. The number of rotatable bonds is 3. The molecule has 0 aliphatic carbocycles. The molecule has 2 rings (SSSR count). The molecule has 1 aromatic heterocycles. The molecular weight excluding hydrogens is 266 g/mol. The summed E-state index contributed by atoms with van der Waals surface area (Å²) >= 11 is 0. The van der Waals surface area contributed by atoms with Crippen molar-refractivity contribution >= 4 is 5.97 Å². The highest BCUT2D eigenvalue weighted by Gasteiger charge is 2.30. The standard InChI is InChI=1S/C16H27N3O2/c1-11-7-6-8-12(2)18(11)10-14-13(15(20)21)9-17-19(14)16(3,4)5/h9,11-12H,6-8,10H2,1-5H3,(H,20,21). The van der Waals surface area contributed by atoms with Gasteiger partial charge in [0.25, 0.3) is 0 Å². The molecule has 0 radical (unpaired) electrons. The molecule has 1 aromatic rings. The van der Waals surface area contributed by atoms with Gasteiger partial charge in [0.2, 0.25) is 0 Å². The van der Waals surface area contributed by atoms with Crippen LogP contribution in [0.2, 0.25) is 0 Å². The largest absolute Gasteiger partial charge is 0.478 e. The monoisotopic (exact) mass is 293 g/mol. The number of hydrogen-bond donors (Lipinski definition) is 1. The van der Waals surface area contributed by atoms with E-state index in [1.807, 2.05) is 4.68 Å². The quantitative estimate of drug-likeness (QED) is 0.930. The molecule has 1 N–H and O–H groups in total. The summed E-state index contributed by atoms with van der Waals surface area (Å²) in [7, 11) is 0. The molecule has 2 heterocycles. The molecule has 0 saturated carbocycles. The van der Waals surface area contributed by atoms with Crippen molar-refractivity contribution in [3.63, 3.8) is 0 Å². The predicted octanol–water partition coefficient (Wildman–Crippen LogP) is 3.10. The van der Waals surface area contributed by atoms with E-state index in [0.29, 0.717) is 24.2 Å². The Hall–Kier alpha value is -1.36. The zero-order valence-electron chi connectivity index (χ0n) is 13.8. The lowest BCUT2D eigenvalue weighted by Gasteiger charge is -2.39. The molecule has 1 fully saturated rings. The topological polar surface area (TPSA) is 58.4 Å². The first-order valence-corrected chi connectivity index (χ1v) is 7.78. The molecule has 2 unspecified atom stereocenters. The zero-order chi connectivity index (χ0) is 15.8. The maximum atomic E-state index is 11.5.